The van der Waals surface area contributed by atoms with Crippen molar-refractivity contribution in [3.8, 4) is 0 Å². The number of amides is 2. The van der Waals surface area contributed by atoms with Crippen LogP contribution >= 0.6 is 12.4 Å². The first-order valence-corrected chi connectivity index (χ1v) is 8.65. The first-order chi connectivity index (χ1) is 10.8. The van der Waals surface area contributed by atoms with E-state index in [1.807, 2.05) is 9.80 Å². The molecule has 0 radical (unpaired) electrons. The van der Waals surface area contributed by atoms with Gasteiger partial charge in [-0.3, -0.25) is 9.59 Å². The van der Waals surface area contributed by atoms with Gasteiger partial charge in [0.2, 0.25) is 5.91 Å². The molecule has 7 heteroatoms. The van der Waals surface area contributed by atoms with Gasteiger partial charge in [0, 0.05) is 45.2 Å². The van der Waals surface area contributed by atoms with Gasteiger partial charge in [0.05, 0.1) is 6.61 Å². The van der Waals surface area contributed by atoms with Crippen LogP contribution in [0.15, 0.2) is 0 Å². The number of halogens is 1. The molecule has 1 saturated carbocycles. The molecule has 3 fully saturated rings. The van der Waals surface area contributed by atoms with Crippen LogP contribution in [0.2, 0.25) is 0 Å². The molecule has 1 N–H and O–H groups in total. The Morgan fingerprint density at radius 3 is 2.09 bits per heavy atom. The zero-order valence-electron chi connectivity index (χ0n) is 13.7. The third kappa shape index (κ3) is 4.58. The molecule has 23 heavy (non-hydrogen) atoms. The van der Waals surface area contributed by atoms with Crippen molar-refractivity contribution >= 4 is 24.2 Å². The second-order valence-corrected chi connectivity index (χ2v) is 6.55. The standard InChI is InChI=1S/C16H27N3O3.ClH/c20-15(13-4-2-1-3-5-13)18-7-9-19(10-8-18)16(21)14-12-17-6-11-22-14;/h13-14,17H,1-12H2;1H. The summed E-state index contributed by atoms with van der Waals surface area (Å²) in [4.78, 5) is 28.7. The van der Waals surface area contributed by atoms with Crippen molar-refractivity contribution in [1.82, 2.24) is 15.1 Å². The van der Waals surface area contributed by atoms with Crippen LogP contribution in [0.1, 0.15) is 32.1 Å². The fourth-order valence-electron chi connectivity index (χ4n) is 3.68. The lowest BCUT2D eigenvalue weighted by Gasteiger charge is -2.38. The second kappa shape index (κ2) is 8.85. The number of nitrogens with one attached hydrogen (secondary N) is 1. The van der Waals surface area contributed by atoms with Gasteiger partial charge in [0.1, 0.15) is 6.10 Å². The van der Waals surface area contributed by atoms with E-state index in [1.165, 1.54) is 19.3 Å². The van der Waals surface area contributed by atoms with Crippen molar-refractivity contribution in [2.24, 2.45) is 5.92 Å². The van der Waals surface area contributed by atoms with Gasteiger partial charge in [-0.25, -0.2) is 0 Å². The number of hydrogen-bond donors (Lipinski definition) is 1. The maximum absolute atomic E-state index is 12.5. The smallest absolute Gasteiger partial charge is 0.253 e. The Morgan fingerprint density at radius 2 is 1.52 bits per heavy atom. The Bertz CT molecular complexity index is 363. The van der Waals surface area contributed by atoms with Crippen LogP contribution in [-0.2, 0) is 14.3 Å². The largest absolute Gasteiger partial charge is 0.366 e. The van der Waals surface area contributed by atoms with Gasteiger partial charge < -0.3 is 19.9 Å². The molecule has 0 aromatic heterocycles. The van der Waals surface area contributed by atoms with E-state index in [1.54, 1.807) is 0 Å². The zero-order valence-corrected chi connectivity index (χ0v) is 14.5. The van der Waals surface area contributed by atoms with Crippen molar-refractivity contribution in [2.75, 3.05) is 45.9 Å². The lowest BCUT2D eigenvalue weighted by atomic mass is 9.88. The van der Waals surface area contributed by atoms with E-state index in [0.29, 0.717) is 45.2 Å². The normalized spacial score (nSPS) is 26.5. The van der Waals surface area contributed by atoms with Gasteiger partial charge in [-0.1, -0.05) is 19.3 Å². The molecule has 2 heterocycles. The summed E-state index contributed by atoms with van der Waals surface area (Å²) < 4.78 is 5.53. The molecular formula is C16H28ClN3O3. The number of hydrogen-bond acceptors (Lipinski definition) is 4. The summed E-state index contributed by atoms with van der Waals surface area (Å²) >= 11 is 0. The molecule has 2 saturated heterocycles. The van der Waals surface area contributed by atoms with Crippen LogP contribution < -0.4 is 5.32 Å². The average molecular weight is 346 g/mol. The van der Waals surface area contributed by atoms with E-state index in [9.17, 15) is 9.59 Å². The maximum Gasteiger partial charge on any atom is 0.253 e. The summed E-state index contributed by atoms with van der Waals surface area (Å²) in [6, 6.07) is 0. The molecule has 1 atom stereocenters. The molecule has 0 aromatic rings. The van der Waals surface area contributed by atoms with Crippen LogP contribution in [0.25, 0.3) is 0 Å². The number of carbonyl (C=O) groups is 2. The lowest BCUT2D eigenvalue weighted by molar-refractivity contribution is -0.150. The highest BCUT2D eigenvalue weighted by atomic mass is 35.5. The number of piperazine rings is 1. The minimum Gasteiger partial charge on any atom is -0.366 e. The third-order valence-electron chi connectivity index (χ3n) is 5.06. The molecule has 0 bridgehead atoms. The molecule has 3 aliphatic rings. The Hall–Kier alpha value is -0.850. The van der Waals surface area contributed by atoms with Crippen LogP contribution in [-0.4, -0.2) is 73.6 Å². The molecule has 1 unspecified atom stereocenters. The summed E-state index contributed by atoms with van der Waals surface area (Å²) in [5, 5.41) is 3.19. The topological polar surface area (TPSA) is 61.9 Å². The molecule has 2 amide bonds. The van der Waals surface area contributed by atoms with Crippen molar-refractivity contribution in [3.63, 3.8) is 0 Å². The Kier molecular flexibility index (Phi) is 7.11. The van der Waals surface area contributed by atoms with E-state index >= 15 is 0 Å². The highest BCUT2D eigenvalue weighted by molar-refractivity contribution is 5.85. The molecule has 132 valence electrons. The van der Waals surface area contributed by atoms with Gasteiger partial charge in [-0.05, 0) is 12.8 Å². The van der Waals surface area contributed by atoms with E-state index in [0.717, 1.165) is 19.4 Å². The summed E-state index contributed by atoms with van der Waals surface area (Å²) in [6.45, 7) is 4.61. The van der Waals surface area contributed by atoms with Crippen LogP contribution in [0.3, 0.4) is 0 Å². The summed E-state index contributed by atoms with van der Waals surface area (Å²) in [6.07, 6.45) is 5.36. The molecule has 0 aromatic carbocycles. The van der Waals surface area contributed by atoms with E-state index in [-0.39, 0.29) is 30.3 Å². The zero-order chi connectivity index (χ0) is 15.4. The third-order valence-corrected chi connectivity index (χ3v) is 5.06. The highest BCUT2D eigenvalue weighted by Crippen LogP contribution is 2.25. The minimum atomic E-state index is -0.352. The summed E-state index contributed by atoms with van der Waals surface area (Å²) in [5.41, 5.74) is 0. The average Bonchev–Trinajstić information content (AvgIpc) is 2.62. The van der Waals surface area contributed by atoms with Crippen molar-refractivity contribution in [2.45, 2.75) is 38.2 Å². The van der Waals surface area contributed by atoms with Crippen LogP contribution in [0.4, 0.5) is 0 Å². The highest BCUT2D eigenvalue weighted by Gasteiger charge is 2.32. The fourth-order valence-corrected chi connectivity index (χ4v) is 3.68. The molecule has 1 aliphatic carbocycles. The molecule has 0 spiro atoms. The van der Waals surface area contributed by atoms with Gasteiger partial charge >= 0.3 is 0 Å². The first-order valence-electron chi connectivity index (χ1n) is 8.65. The summed E-state index contributed by atoms with van der Waals surface area (Å²) in [7, 11) is 0. The quantitative estimate of drug-likeness (QED) is 0.798. The van der Waals surface area contributed by atoms with Crippen molar-refractivity contribution < 1.29 is 14.3 Å². The number of morpholine rings is 1. The number of rotatable bonds is 2. The predicted molar refractivity (Wildman–Crippen MR) is 89.6 cm³/mol. The van der Waals surface area contributed by atoms with E-state index in [4.69, 9.17) is 4.74 Å². The molecule has 6 nitrogen and oxygen atoms in total. The van der Waals surface area contributed by atoms with Crippen molar-refractivity contribution in [3.05, 3.63) is 0 Å². The molecule has 2 aliphatic heterocycles. The SMILES string of the molecule is Cl.O=C(C1CCCCC1)N1CCN(C(=O)C2CNCCO2)CC1. The van der Waals surface area contributed by atoms with Gasteiger partial charge in [-0.15, -0.1) is 12.4 Å². The number of carbonyl (C=O) groups excluding carboxylic acids is 2. The van der Waals surface area contributed by atoms with E-state index in [2.05, 4.69) is 5.32 Å². The van der Waals surface area contributed by atoms with Crippen LogP contribution in [0.5, 0.6) is 0 Å². The Labute approximate surface area is 144 Å². The first kappa shape index (κ1) is 18.5. The number of nitrogens with zero attached hydrogens (tertiary/aromatic N) is 2. The van der Waals surface area contributed by atoms with Gasteiger partial charge in [0.15, 0.2) is 0 Å². The predicted octanol–water partition coefficient (Wildman–Crippen LogP) is 0.648. The fraction of sp³-hybridized carbons (Fsp3) is 0.875. The molecular weight excluding hydrogens is 318 g/mol. The Balaban J connectivity index is 0.00000192. The van der Waals surface area contributed by atoms with Crippen molar-refractivity contribution in [1.29, 1.82) is 0 Å². The minimum absolute atomic E-state index is 0. The number of ether oxygens (including phenoxy) is 1. The van der Waals surface area contributed by atoms with E-state index < -0.39 is 0 Å². The van der Waals surface area contributed by atoms with Gasteiger partial charge in [0.25, 0.3) is 5.91 Å². The monoisotopic (exact) mass is 345 g/mol. The Morgan fingerprint density at radius 1 is 0.913 bits per heavy atom. The summed E-state index contributed by atoms with van der Waals surface area (Å²) in [5.74, 6) is 0.598. The van der Waals surface area contributed by atoms with Crippen LogP contribution in [0, 0.1) is 5.92 Å². The second-order valence-electron chi connectivity index (χ2n) is 6.55. The van der Waals surface area contributed by atoms with Gasteiger partial charge in [-0.2, -0.15) is 0 Å². The maximum atomic E-state index is 12.5. The molecule has 3 rings (SSSR count). The lowest BCUT2D eigenvalue weighted by Crippen LogP contribution is -2.56.